The summed E-state index contributed by atoms with van der Waals surface area (Å²) in [5, 5.41) is 18.9. The van der Waals surface area contributed by atoms with Crippen LogP contribution in [0.25, 0.3) is 0 Å². The van der Waals surface area contributed by atoms with Crippen LogP contribution in [0.3, 0.4) is 0 Å². The Morgan fingerprint density at radius 2 is 2.04 bits per heavy atom. The zero-order valence-electron chi connectivity index (χ0n) is 12.6. The number of benzene rings is 1. The summed E-state index contributed by atoms with van der Waals surface area (Å²) < 4.78 is 28.4. The van der Waals surface area contributed by atoms with Gasteiger partial charge in [-0.3, -0.25) is 10.1 Å². The van der Waals surface area contributed by atoms with E-state index in [4.69, 9.17) is 4.42 Å². The number of aromatic nitrogens is 2. The molecule has 0 N–H and O–H groups in total. The Balaban J connectivity index is 1.53. The maximum absolute atomic E-state index is 11.4. The van der Waals surface area contributed by atoms with Crippen molar-refractivity contribution in [2.24, 2.45) is 5.92 Å². The number of hydrogen-bond acceptors (Lipinski definition) is 8. The summed E-state index contributed by atoms with van der Waals surface area (Å²) in [5.74, 6) is 1.46. The molecule has 128 valence electrons. The van der Waals surface area contributed by atoms with Crippen LogP contribution in [0.4, 0.5) is 5.69 Å². The van der Waals surface area contributed by atoms with Crippen LogP contribution in [0.5, 0.6) is 0 Å². The molecule has 2 aromatic rings. The van der Waals surface area contributed by atoms with E-state index in [9.17, 15) is 18.5 Å². The van der Waals surface area contributed by atoms with Gasteiger partial charge in [0.1, 0.15) is 0 Å². The summed E-state index contributed by atoms with van der Waals surface area (Å²) in [5.41, 5.74) is 0.961. The van der Waals surface area contributed by atoms with E-state index in [0.717, 1.165) is 5.56 Å². The van der Waals surface area contributed by atoms with E-state index in [-0.39, 0.29) is 23.1 Å². The van der Waals surface area contributed by atoms with Crippen molar-refractivity contribution in [1.29, 1.82) is 0 Å². The molecule has 10 heteroatoms. The van der Waals surface area contributed by atoms with Gasteiger partial charge in [0.2, 0.25) is 5.89 Å². The summed E-state index contributed by atoms with van der Waals surface area (Å²) in [6, 6.07) is 6.28. The Morgan fingerprint density at radius 3 is 2.67 bits per heavy atom. The molecule has 0 aliphatic carbocycles. The van der Waals surface area contributed by atoms with Gasteiger partial charge in [-0.25, -0.2) is 8.42 Å². The van der Waals surface area contributed by atoms with Crippen molar-refractivity contribution in [3.05, 3.63) is 45.8 Å². The number of rotatable bonds is 6. The second kappa shape index (κ2) is 6.89. The summed E-state index contributed by atoms with van der Waals surface area (Å²) in [4.78, 5) is 10.2. The molecular weight excluding hydrogens is 354 g/mol. The van der Waals surface area contributed by atoms with E-state index in [0.29, 0.717) is 29.7 Å². The van der Waals surface area contributed by atoms with E-state index in [1.165, 1.54) is 23.9 Å². The van der Waals surface area contributed by atoms with Gasteiger partial charge in [-0.15, -0.1) is 10.2 Å². The Labute approximate surface area is 142 Å². The zero-order valence-corrected chi connectivity index (χ0v) is 14.3. The topological polar surface area (TPSA) is 116 Å². The Hall–Kier alpha value is -1.94. The second-order valence-corrected chi connectivity index (χ2v) is 8.80. The van der Waals surface area contributed by atoms with E-state index < -0.39 is 14.8 Å². The van der Waals surface area contributed by atoms with E-state index in [1.807, 2.05) is 0 Å². The quantitative estimate of drug-likeness (QED) is 0.432. The van der Waals surface area contributed by atoms with Crippen LogP contribution >= 0.6 is 11.8 Å². The van der Waals surface area contributed by atoms with Gasteiger partial charge in [-0.1, -0.05) is 23.9 Å². The molecule has 0 bridgehead atoms. The predicted molar refractivity (Wildman–Crippen MR) is 87.4 cm³/mol. The average molecular weight is 369 g/mol. The van der Waals surface area contributed by atoms with Gasteiger partial charge in [0, 0.05) is 24.3 Å². The lowest BCUT2D eigenvalue weighted by molar-refractivity contribution is -0.384. The van der Waals surface area contributed by atoms with Crippen LogP contribution in [0.1, 0.15) is 17.9 Å². The molecule has 0 saturated carbocycles. The van der Waals surface area contributed by atoms with Gasteiger partial charge >= 0.3 is 0 Å². The lowest BCUT2D eigenvalue weighted by Crippen LogP contribution is -2.07. The fraction of sp³-hybridized carbons (Fsp3) is 0.429. The number of thioether (sulfide) groups is 1. The fourth-order valence-corrected chi connectivity index (χ4v) is 5.12. The first-order chi connectivity index (χ1) is 11.4. The van der Waals surface area contributed by atoms with Gasteiger partial charge in [0.15, 0.2) is 9.84 Å². The third-order valence-electron chi connectivity index (χ3n) is 3.75. The maximum Gasteiger partial charge on any atom is 0.276 e. The van der Waals surface area contributed by atoms with Crippen molar-refractivity contribution in [3.8, 4) is 0 Å². The second-order valence-electron chi connectivity index (χ2n) is 5.65. The van der Waals surface area contributed by atoms with Crippen LogP contribution in [0, 0.1) is 16.0 Å². The molecule has 2 heterocycles. The molecule has 0 radical (unpaired) electrons. The minimum absolute atomic E-state index is 0.0444. The fourth-order valence-electron chi connectivity index (χ4n) is 2.52. The number of non-ortho nitro benzene ring substituents is 1. The Bertz CT molecular complexity index is 832. The molecule has 1 fully saturated rings. The highest BCUT2D eigenvalue weighted by Gasteiger charge is 2.29. The molecule has 1 aliphatic rings. The summed E-state index contributed by atoms with van der Waals surface area (Å²) in [6.07, 6.45) is 1.11. The number of nitro benzene ring substituents is 1. The van der Waals surface area contributed by atoms with Crippen LogP contribution in [-0.4, -0.2) is 35.0 Å². The molecule has 24 heavy (non-hydrogen) atoms. The zero-order chi connectivity index (χ0) is 17.2. The third-order valence-corrected chi connectivity index (χ3v) is 6.47. The van der Waals surface area contributed by atoms with Gasteiger partial charge in [-0.05, 0) is 17.9 Å². The first kappa shape index (κ1) is 16.9. The molecular formula is C14H15N3O5S2. The van der Waals surface area contributed by atoms with Gasteiger partial charge < -0.3 is 4.42 Å². The molecule has 8 nitrogen and oxygen atoms in total. The Morgan fingerprint density at radius 1 is 1.29 bits per heavy atom. The summed E-state index contributed by atoms with van der Waals surface area (Å²) in [6.45, 7) is 0. The number of nitro groups is 1. The first-order valence-electron chi connectivity index (χ1n) is 7.30. The summed E-state index contributed by atoms with van der Waals surface area (Å²) >= 11 is 1.34. The average Bonchev–Trinajstić information content (AvgIpc) is 3.12. The van der Waals surface area contributed by atoms with Gasteiger partial charge in [0.05, 0.1) is 16.4 Å². The molecule has 1 aromatic carbocycles. The first-order valence-corrected chi connectivity index (χ1v) is 10.1. The lowest BCUT2D eigenvalue weighted by Gasteiger charge is -2.02. The van der Waals surface area contributed by atoms with Crippen molar-refractivity contribution in [2.75, 3.05) is 11.5 Å². The van der Waals surface area contributed by atoms with E-state index >= 15 is 0 Å². The molecule has 1 atom stereocenters. The van der Waals surface area contributed by atoms with Crippen LogP contribution in [0.15, 0.2) is 33.9 Å². The van der Waals surface area contributed by atoms with Crippen molar-refractivity contribution in [1.82, 2.24) is 10.2 Å². The van der Waals surface area contributed by atoms with Crippen LogP contribution < -0.4 is 0 Å². The summed E-state index contributed by atoms with van der Waals surface area (Å²) in [7, 11) is -2.91. The molecule has 0 unspecified atom stereocenters. The monoisotopic (exact) mass is 369 g/mol. The van der Waals surface area contributed by atoms with Gasteiger partial charge in [0.25, 0.3) is 10.9 Å². The van der Waals surface area contributed by atoms with Crippen molar-refractivity contribution in [2.45, 2.75) is 23.8 Å². The molecule has 0 spiro atoms. The highest BCUT2D eigenvalue weighted by atomic mass is 32.2. The van der Waals surface area contributed by atoms with Gasteiger partial charge in [-0.2, -0.15) is 0 Å². The highest BCUT2D eigenvalue weighted by Crippen LogP contribution is 2.26. The highest BCUT2D eigenvalue weighted by molar-refractivity contribution is 7.98. The minimum atomic E-state index is -2.91. The number of sulfone groups is 1. The smallest absolute Gasteiger partial charge is 0.276 e. The van der Waals surface area contributed by atoms with Crippen molar-refractivity contribution >= 4 is 27.3 Å². The van der Waals surface area contributed by atoms with Crippen LogP contribution in [0.2, 0.25) is 0 Å². The maximum atomic E-state index is 11.4. The molecule has 0 amide bonds. The standard InChI is InChI=1S/C14H15N3O5S2/c18-17(19)12-3-1-10(2-4-12)8-23-14-16-15-13(22-14)7-11-5-6-24(20,21)9-11/h1-4,11H,5-9H2/t11-/m0/s1. The predicted octanol–water partition coefficient (Wildman–Crippen LogP) is 2.25. The number of nitrogens with zero attached hydrogens (tertiary/aromatic N) is 3. The molecule has 1 aromatic heterocycles. The van der Waals surface area contributed by atoms with E-state index in [2.05, 4.69) is 10.2 Å². The lowest BCUT2D eigenvalue weighted by atomic mass is 10.1. The third kappa shape index (κ3) is 4.32. The SMILES string of the molecule is O=[N+]([O-])c1ccc(CSc2nnc(C[C@@H]3CCS(=O)(=O)C3)o2)cc1. The van der Waals surface area contributed by atoms with Crippen LogP contribution in [-0.2, 0) is 22.0 Å². The largest absolute Gasteiger partial charge is 0.416 e. The minimum Gasteiger partial charge on any atom is -0.416 e. The molecule has 3 rings (SSSR count). The van der Waals surface area contributed by atoms with E-state index in [1.54, 1.807) is 12.1 Å². The number of hydrogen-bond donors (Lipinski definition) is 0. The molecule has 1 saturated heterocycles. The Kier molecular flexibility index (Phi) is 4.86. The normalized spacial score (nSPS) is 19.4. The van der Waals surface area contributed by atoms with Crippen molar-refractivity contribution < 1.29 is 17.8 Å². The van der Waals surface area contributed by atoms with Crippen molar-refractivity contribution in [3.63, 3.8) is 0 Å². The molecule has 1 aliphatic heterocycles.